The Hall–Kier alpha value is -2.82. The van der Waals surface area contributed by atoms with E-state index < -0.39 is 12.0 Å². The summed E-state index contributed by atoms with van der Waals surface area (Å²) in [6.45, 7) is 7.41. The number of para-hydroxylation sites is 2. The van der Waals surface area contributed by atoms with Crippen molar-refractivity contribution in [3.8, 4) is 11.5 Å². The lowest BCUT2D eigenvalue weighted by atomic mass is 9.87. The van der Waals surface area contributed by atoms with Crippen molar-refractivity contribution in [2.45, 2.75) is 45.2 Å². The van der Waals surface area contributed by atoms with Gasteiger partial charge in [-0.25, -0.2) is 0 Å². The van der Waals surface area contributed by atoms with Gasteiger partial charge >= 0.3 is 0 Å². The number of carbonyl (C=O) groups excluding carboxylic acids is 2. The summed E-state index contributed by atoms with van der Waals surface area (Å²) in [7, 11) is 0. The fraction of sp³-hybridized carbons (Fsp3) is 0.333. The Labute approximate surface area is 153 Å². The Morgan fingerprint density at radius 3 is 1.96 bits per heavy atom. The molecule has 2 amide bonds. The van der Waals surface area contributed by atoms with E-state index in [0.717, 1.165) is 11.1 Å². The largest absolute Gasteiger partial charge is 0.457 e. The van der Waals surface area contributed by atoms with Crippen LogP contribution >= 0.6 is 0 Å². The highest BCUT2D eigenvalue weighted by atomic mass is 16.5. The molecule has 1 unspecified atom stereocenters. The zero-order chi connectivity index (χ0) is 18.9. The summed E-state index contributed by atoms with van der Waals surface area (Å²) in [6.07, 6.45) is 0. The van der Waals surface area contributed by atoms with E-state index in [1.807, 2.05) is 69.3 Å². The molecule has 2 N–H and O–H groups in total. The maximum atomic E-state index is 13.1. The Bertz CT molecular complexity index is 794. The van der Waals surface area contributed by atoms with E-state index in [1.165, 1.54) is 0 Å². The summed E-state index contributed by atoms with van der Waals surface area (Å²) in [6, 6.07) is 14.3. The van der Waals surface area contributed by atoms with Crippen LogP contribution in [0.4, 0.5) is 0 Å². The number of amides is 2. The third-order valence-corrected chi connectivity index (χ3v) is 4.19. The van der Waals surface area contributed by atoms with E-state index >= 15 is 0 Å². The molecule has 0 radical (unpaired) electrons. The van der Waals surface area contributed by atoms with E-state index in [0.29, 0.717) is 11.5 Å². The molecule has 3 rings (SSSR count). The Kier molecular flexibility index (Phi) is 4.72. The van der Waals surface area contributed by atoms with Crippen molar-refractivity contribution in [2.24, 2.45) is 0 Å². The third kappa shape index (κ3) is 3.72. The molecule has 0 saturated heterocycles. The molecule has 0 aliphatic carbocycles. The van der Waals surface area contributed by atoms with E-state index in [-0.39, 0.29) is 17.4 Å². The van der Waals surface area contributed by atoms with Crippen molar-refractivity contribution < 1.29 is 14.3 Å². The standard InChI is InChI=1S/C21H24N2O3/c1-13(19(24)23-21(2,3)4)22-20(25)18-14-9-5-7-11-16(14)26-17-12-8-6-10-15(17)18/h5-13,18H,1-4H3,(H,22,25)(H,23,24). The Morgan fingerprint density at radius 2 is 1.46 bits per heavy atom. The van der Waals surface area contributed by atoms with Gasteiger partial charge < -0.3 is 15.4 Å². The molecular formula is C21H24N2O3. The minimum Gasteiger partial charge on any atom is -0.457 e. The summed E-state index contributed by atoms with van der Waals surface area (Å²) in [5.41, 5.74) is 1.24. The number of rotatable bonds is 3. The van der Waals surface area contributed by atoms with Gasteiger partial charge in [0.1, 0.15) is 17.5 Å². The second-order valence-electron chi connectivity index (χ2n) is 7.58. The molecule has 2 aromatic rings. The van der Waals surface area contributed by atoms with Gasteiger partial charge in [0.05, 0.1) is 5.92 Å². The molecule has 0 bridgehead atoms. The van der Waals surface area contributed by atoms with E-state index in [9.17, 15) is 9.59 Å². The van der Waals surface area contributed by atoms with Crippen molar-refractivity contribution in [1.29, 1.82) is 0 Å². The fourth-order valence-electron chi connectivity index (χ4n) is 3.03. The predicted molar refractivity (Wildman–Crippen MR) is 100 cm³/mol. The number of ether oxygens (including phenoxy) is 1. The van der Waals surface area contributed by atoms with Gasteiger partial charge in [0.15, 0.2) is 0 Å². The molecule has 0 spiro atoms. The summed E-state index contributed by atoms with van der Waals surface area (Å²) >= 11 is 0. The van der Waals surface area contributed by atoms with E-state index in [1.54, 1.807) is 6.92 Å². The average molecular weight is 352 g/mol. The monoisotopic (exact) mass is 352 g/mol. The van der Waals surface area contributed by atoms with Gasteiger partial charge in [0, 0.05) is 16.7 Å². The lowest BCUT2D eigenvalue weighted by Crippen LogP contribution is -2.51. The van der Waals surface area contributed by atoms with Crippen LogP contribution in [0, 0.1) is 0 Å². The second kappa shape index (κ2) is 6.83. The molecule has 1 heterocycles. The van der Waals surface area contributed by atoms with Crippen molar-refractivity contribution in [3.05, 3.63) is 59.7 Å². The van der Waals surface area contributed by atoms with Crippen LogP contribution in [0.1, 0.15) is 44.7 Å². The molecule has 2 aromatic carbocycles. The molecule has 5 heteroatoms. The van der Waals surface area contributed by atoms with Crippen LogP contribution in [0.2, 0.25) is 0 Å². The molecule has 5 nitrogen and oxygen atoms in total. The summed E-state index contributed by atoms with van der Waals surface area (Å²) in [4.78, 5) is 25.4. The number of carbonyl (C=O) groups is 2. The average Bonchev–Trinajstić information content (AvgIpc) is 2.57. The van der Waals surface area contributed by atoms with Crippen LogP contribution in [0.3, 0.4) is 0 Å². The number of hydrogen-bond donors (Lipinski definition) is 2. The van der Waals surface area contributed by atoms with Gasteiger partial charge in [-0.2, -0.15) is 0 Å². The van der Waals surface area contributed by atoms with Gasteiger partial charge in [-0.05, 0) is 39.8 Å². The van der Waals surface area contributed by atoms with E-state index in [2.05, 4.69) is 10.6 Å². The fourth-order valence-corrected chi connectivity index (χ4v) is 3.03. The van der Waals surface area contributed by atoms with Gasteiger partial charge in [-0.1, -0.05) is 36.4 Å². The lowest BCUT2D eigenvalue weighted by Gasteiger charge is -2.29. The van der Waals surface area contributed by atoms with Gasteiger partial charge in [-0.15, -0.1) is 0 Å². The highest BCUT2D eigenvalue weighted by molar-refractivity contribution is 5.93. The van der Waals surface area contributed by atoms with Crippen molar-refractivity contribution in [3.63, 3.8) is 0 Å². The number of benzene rings is 2. The van der Waals surface area contributed by atoms with Gasteiger partial charge in [-0.3, -0.25) is 9.59 Å². The topological polar surface area (TPSA) is 67.4 Å². The molecule has 1 aliphatic heterocycles. The normalized spacial score (nSPS) is 14.5. The number of fused-ring (bicyclic) bond motifs is 2. The van der Waals surface area contributed by atoms with Crippen molar-refractivity contribution >= 4 is 11.8 Å². The summed E-state index contributed by atoms with van der Waals surface area (Å²) < 4.78 is 5.92. The molecule has 1 aliphatic rings. The summed E-state index contributed by atoms with van der Waals surface area (Å²) in [5.74, 6) is 0.390. The summed E-state index contributed by atoms with van der Waals surface area (Å²) in [5, 5.41) is 5.73. The van der Waals surface area contributed by atoms with Crippen molar-refractivity contribution in [1.82, 2.24) is 10.6 Å². The highest BCUT2D eigenvalue weighted by Crippen LogP contribution is 2.43. The SMILES string of the molecule is CC(NC(=O)C1c2ccccc2Oc2ccccc21)C(=O)NC(C)(C)C. The van der Waals surface area contributed by atoms with Crippen LogP contribution in [0.15, 0.2) is 48.5 Å². The Morgan fingerprint density at radius 1 is 0.962 bits per heavy atom. The molecule has 1 atom stereocenters. The molecule has 0 saturated carbocycles. The second-order valence-corrected chi connectivity index (χ2v) is 7.58. The van der Waals surface area contributed by atoms with Crippen molar-refractivity contribution in [2.75, 3.05) is 0 Å². The van der Waals surface area contributed by atoms with Crippen LogP contribution < -0.4 is 15.4 Å². The van der Waals surface area contributed by atoms with Crippen LogP contribution in [0.5, 0.6) is 11.5 Å². The zero-order valence-corrected chi connectivity index (χ0v) is 15.5. The van der Waals surface area contributed by atoms with Gasteiger partial charge in [0.25, 0.3) is 0 Å². The number of nitrogens with one attached hydrogen (secondary N) is 2. The molecule has 136 valence electrons. The minimum absolute atomic E-state index is 0.209. The van der Waals surface area contributed by atoms with Crippen LogP contribution in [-0.4, -0.2) is 23.4 Å². The maximum absolute atomic E-state index is 13.1. The quantitative estimate of drug-likeness (QED) is 0.890. The van der Waals surface area contributed by atoms with E-state index in [4.69, 9.17) is 4.74 Å². The first-order chi connectivity index (χ1) is 12.3. The van der Waals surface area contributed by atoms with Crippen LogP contribution in [0.25, 0.3) is 0 Å². The third-order valence-electron chi connectivity index (χ3n) is 4.19. The minimum atomic E-state index is -0.635. The zero-order valence-electron chi connectivity index (χ0n) is 15.5. The smallest absolute Gasteiger partial charge is 0.242 e. The predicted octanol–water partition coefficient (Wildman–Crippen LogP) is 3.34. The molecule has 0 fully saturated rings. The lowest BCUT2D eigenvalue weighted by molar-refractivity contribution is -0.129. The van der Waals surface area contributed by atoms with Gasteiger partial charge in [0.2, 0.25) is 11.8 Å². The first kappa shape index (κ1) is 18.0. The van der Waals surface area contributed by atoms with Crippen LogP contribution in [-0.2, 0) is 9.59 Å². The number of hydrogen-bond acceptors (Lipinski definition) is 3. The molecular weight excluding hydrogens is 328 g/mol. The maximum Gasteiger partial charge on any atom is 0.242 e. The first-order valence-electron chi connectivity index (χ1n) is 8.74. The highest BCUT2D eigenvalue weighted by Gasteiger charge is 2.33. The molecule has 26 heavy (non-hydrogen) atoms. The Balaban J connectivity index is 1.87. The molecule has 0 aromatic heterocycles. The first-order valence-corrected chi connectivity index (χ1v) is 8.74.